The number of alkyl halides is 3. The van der Waals surface area contributed by atoms with E-state index in [1.54, 1.807) is 47.4 Å². The van der Waals surface area contributed by atoms with E-state index in [0.717, 1.165) is 34.1 Å². The molecule has 1 fully saturated rings. The van der Waals surface area contributed by atoms with E-state index in [1.807, 2.05) is 25.1 Å². The van der Waals surface area contributed by atoms with Crippen LogP contribution in [0.1, 0.15) is 52.6 Å². The molecule has 2 aliphatic rings. The molecule has 14 heteroatoms. The summed E-state index contributed by atoms with van der Waals surface area (Å²) in [6.45, 7) is 5.36. The summed E-state index contributed by atoms with van der Waals surface area (Å²) < 4.78 is 51.4. The van der Waals surface area contributed by atoms with Crippen molar-refractivity contribution in [3.05, 3.63) is 83.3 Å². The molecule has 11 nitrogen and oxygen atoms in total. The summed E-state index contributed by atoms with van der Waals surface area (Å²) in [5, 5.41) is 7.50. The summed E-state index contributed by atoms with van der Waals surface area (Å²) in [5.74, 6) is 0.242. The van der Waals surface area contributed by atoms with Crippen LogP contribution in [-0.4, -0.2) is 68.9 Å². The number of benzene rings is 2. The van der Waals surface area contributed by atoms with Crippen LogP contribution in [0.4, 0.5) is 24.5 Å². The van der Waals surface area contributed by atoms with Gasteiger partial charge in [0, 0.05) is 93.1 Å². The Bertz CT molecular complexity index is 2100. The van der Waals surface area contributed by atoms with Gasteiger partial charge in [0.25, 0.3) is 5.91 Å². The van der Waals surface area contributed by atoms with E-state index in [9.17, 15) is 22.8 Å². The molecule has 0 aliphatic carbocycles. The number of amides is 2. The highest BCUT2D eigenvalue weighted by molar-refractivity contribution is 6.14. The van der Waals surface area contributed by atoms with Crippen LogP contribution >= 0.6 is 0 Å². The fourth-order valence-electron chi connectivity index (χ4n) is 7.23. The van der Waals surface area contributed by atoms with Gasteiger partial charge >= 0.3 is 6.18 Å². The number of carbonyl (C=O) groups is 2. The molecule has 1 N–H and O–H groups in total. The number of nitrogens with zero attached hydrogens (tertiary/aromatic N) is 7. The van der Waals surface area contributed by atoms with E-state index in [-0.39, 0.29) is 30.0 Å². The Kier molecular flexibility index (Phi) is 8.48. The van der Waals surface area contributed by atoms with Gasteiger partial charge in [-0.05, 0) is 67.1 Å². The zero-order valence-corrected chi connectivity index (χ0v) is 28.2. The quantitative estimate of drug-likeness (QED) is 0.240. The smallest absolute Gasteiger partial charge is 0.435 e. The fraction of sp³-hybridized carbons (Fsp3) is 0.361. The molecule has 1 saturated heterocycles. The lowest BCUT2D eigenvalue weighted by atomic mass is 9.87. The number of pyridine rings is 1. The van der Waals surface area contributed by atoms with Gasteiger partial charge in [0.05, 0.1) is 30.3 Å². The van der Waals surface area contributed by atoms with E-state index >= 15 is 0 Å². The summed E-state index contributed by atoms with van der Waals surface area (Å²) in [4.78, 5) is 39.2. The number of ether oxygens (including phenoxy) is 1. The van der Waals surface area contributed by atoms with Gasteiger partial charge in [-0.3, -0.25) is 19.3 Å². The highest BCUT2D eigenvalue weighted by Crippen LogP contribution is 2.42. The van der Waals surface area contributed by atoms with Crippen molar-refractivity contribution in [3.8, 4) is 16.9 Å². The number of aryl methyl sites for hydroxylation is 2. The first-order valence-electron chi connectivity index (χ1n) is 16.5. The van der Waals surface area contributed by atoms with E-state index in [0.29, 0.717) is 65.4 Å². The SMILES string of the molecule is COc1cc(N2CCC(NC(C)=O)CC2)c2nc(C)cc(N3CCc4c(cc(Cn5ccnc5)cc4-c4cn(C)nc4C(F)(F)F)C3=O)c2c1. The maximum atomic E-state index is 14.6. The molecular weight excluding hydrogens is 649 g/mol. The molecule has 5 heterocycles. The number of piperidine rings is 1. The van der Waals surface area contributed by atoms with Crippen molar-refractivity contribution in [3.63, 3.8) is 0 Å². The van der Waals surface area contributed by atoms with Gasteiger partial charge in [-0.25, -0.2) is 4.98 Å². The lowest BCUT2D eigenvalue weighted by molar-refractivity contribution is -0.141. The summed E-state index contributed by atoms with van der Waals surface area (Å²) in [6, 6.07) is 9.30. The maximum Gasteiger partial charge on any atom is 0.435 e. The van der Waals surface area contributed by atoms with Gasteiger partial charge in [-0.1, -0.05) is 0 Å². The van der Waals surface area contributed by atoms with Crippen molar-refractivity contribution in [1.82, 2.24) is 29.6 Å². The molecule has 2 amide bonds. The molecule has 3 aromatic heterocycles. The Labute approximate surface area is 286 Å². The van der Waals surface area contributed by atoms with Crippen LogP contribution in [0.2, 0.25) is 0 Å². The monoisotopic (exact) mass is 686 g/mol. The minimum atomic E-state index is -4.68. The van der Waals surface area contributed by atoms with E-state index < -0.39 is 11.9 Å². The highest BCUT2D eigenvalue weighted by atomic mass is 19.4. The molecule has 5 aromatic rings. The molecule has 0 radical (unpaired) electrons. The van der Waals surface area contributed by atoms with Crippen molar-refractivity contribution in [1.29, 1.82) is 0 Å². The van der Waals surface area contributed by atoms with Crippen LogP contribution in [0.5, 0.6) is 5.75 Å². The predicted octanol–water partition coefficient (Wildman–Crippen LogP) is 5.52. The number of imidazole rings is 1. The van der Waals surface area contributed by atoms with Gasteiger partial charge in [0.1, 0.15) is 5.75 Å². The van der Waals surface area contributed by atoms with Crippen LogP contribution in [-0.2, 0) is 31.0 Å². The summed E-state index contributed by atoms with van der Waals surface area (Å²) in [5.41, 5.74) is 3.79. The third kappa shape index (κ3) is 6.25. The van der Waals surface area contributed by atoms with Crippen molar-refractivity contribution < 1.29 is 27.5 Å². The van der Waals surface area contributed by atoms with E-state index in [1.165, 1.54) is 20.2 Å². The first kappa shape index (κ1) is 33.1. The second-order valence-corrected chi connectivity index (χ2v) is 13.0. The number of methoxy groups -OCH3 is 1. The number of aromatic nitrogens is 5. The van der Waals surface area contributed by atoms with Crippen molar-refractivity contribution in [2.24, 2.45) is 7.05 Å². The van der Waals surface area contributed by atoms with Crippen molar-refractivity contribution >= 4 is 34.1 Å². The van der Waals surface area contributed by atoms with Crippen LogP contribution in [0.25, 0.3) is 22.0 Å². The largest absolute Gasteiger partial charge is 0.497 e. The molecule has 0 bridgehead atoms. The summed E-state index contributed by atoms with van der Waals surface area (Å²) in [6.07, 6.45) is 3.56. The van der Waals surface area contributed by atoms with Crippen LogP contribution in [0.15, 0.2) is 55.2 Å². The van der Waals surface area contributed by atoms with Crippen molar-refractivity contribution in [2.75, 3.05) is 36.5 Å². The molecule has 7 rings (SSSR count). The molecule has 0 saturated carbocycles. The first-order valence-corrected chi connectivity index (χ1v) is 16.5. The Morgan fingerprint density at radius 3 is 2.48 bits per heavy atom. The Balaban J connectivity index is 1.33. The Morgan fingerprint density at radius 2 is 1.80 bits per heavy atom. The molecular formula is C36H37F3N8O3. The van der Waals surface area contributed by atoms with Gasteiger partial charge in [0.2, 0.25) is 5.91 Å². The number of anilines is 2. The Hall–Kier alpha value is -5.40. The number of nitrogens with one attached hydrogen (secondary N) is 1. The van der Waals surface area contributed by atoms with Gasteiger partial charge < -0.3 is 24.4 Å². The fourth-order valence-corrected chi connectivity index (χ4v) is 7.23. The first-order chi connectivity index (χ1) is 23.9. The lowest BCUT2D eigenvalue weighted by Crippen LogP contribution is -2.44. The van der Waals surface area contributed by atoms with E-state index in [4.69, 9.17) is 9.72 Å². The zero-order chi connectivity index (χ0) is 35.3. The van der Waals surface area contributed by atoms with Crippen LogP contribution in [0.3, 0.4) is 0 Å². The van der Waals surface area contributed by atoms with Gasteiger partial charge in [0.15, 0.2) is 5.69 Å². The van der Waals surface area contributed by atoms with Gasteiger partial charge in [-0.15, -0.1) is 0 Å². The number of halogens is 3. The topological polar surface area (TPSA) is 110 Å². The molecule has 2 aliphatic heterocycles. The lowest BCUT2D eigenvalue weighted by Gasteiger charge is -2.35. The second kappa shape index (κ2) is 12.8. The molecule has 0 atom stereocenters. The maximum absolute atomic E-state index is 14.6. The zero-order valence-electron chi connectivity index (χ0n) is 28.2. The number of fused-ring (bicyclic) bond motifs is 2. The molecule has 260 valence electrons. The normalized spacial score (nSPS) is 15.5. The number of rotatable bonds is 7. The standard InChI is InChI=1S/C36H37F3N8O3/c1-21-13-31(29-16-25(50-4)17-32(33(29)41-21)46-9-5-24(6-10-46)42-22(2)48)47-11-7-26-27(30-19-44(3)43-34(30)36(37,38)39)14-23(15-28(26)35(47)49)18-45-12-8-40-20-45/h8,12-17,19-20,24H,5-7,9-11,18H2,1-4H3,(H,42,48). The minimum Gasteiger partial charge on any atom is -0.497 e. The summed E-state index contributed by atoms with van der Waals surface area (Å²) >= 11 is 0. The predicted molar refractivity (Wildman–Crippen MR) is 182 cm³/mol. The molecule has 50 heavy (non-hydrogen) atoms. The Morgan fingerprint density at radius 1 is 1.04 bits per heavy atom. The third-order valence-electron chi connectivity index (χ3n) is 9.43. The third-order valence-corrected chi connectivity index (χ3v) is 9.43. The second-order valence-electron chi connectivity index (χ2n) is 13.0. The van der Waals surface area contributed by atoms with Gasteiger partial charge in [-0.2, -0.15) is 18.3 Å². The average Bonchev–Trinajstić information content (AvgIpc) is 3.74. The minimum absolute atomic E-state index is 0.0489. The average molecular weight is 687 g/mol. The number of hydrogen-bond donors (Lipinski definition) is 1. The van der Waals surface area contributed by atoms with Crippen molar-refractivity contribution in [2.45, 2.75) is 51.9 Å². The number of carbonyl (C=O) groups excluding carboxylic acids is 2. The molecule has 0 unspecified atom stereocenters. The number of hydrogen-bond acceptors (Lipinski definition) is 7. The highest BCUT2D eigenvalue weighted by Gasteiger charge is 2.39. The van der Waals surface area contributed by atoms with Crippen LogP contribution < -0.4 is 19.9 Å². The summed E-state index contributed by atoms with van der Waals surface area (Å²) in [7, 11) is 3.05. The van der Waals surface area contributed by atoms with E-state index in [2.05, 4.69) is 20.3 Å². The molecule has 2 aromatic carbocycles. The molecule has 0 spiro atoms. The van der Waals surface area contributed by atoms with Crippen LogP contribution in [0, 0.1) is 6.92 Å².